The molecule has 4 heteroatoms. The van der Waals surface area contributed by atoms with Gasteiger partial charge in [0.05, 0.1) is 5.56 Å². The van der Waals surface area contributed by atoms with Gasteiger partial charge in [-0.1, -0.05) is 33.1 Å². The molecule has 1 heterocycles. The van der Waals surface area contributed by atoms with E-state index in [0.717, 1.165) is 6.54 Å². The summed E-state index contributed by atoms with van der Waals surface area (Å²) in [5.74, 6) is -0.339. The van der Waals surface area contributed by atoms with Crippen LogP contribution in [0.5, 0.6) is 0 Å². The second-order valence-corrected chi connectivity index (χ2v) is 5.67. The van der Waals surface area contributed by atoms with Crippen molar-refractivity contribution in [3.05, 3.63) is 21.9 Å². The lowest BCUT2D eigenvalue weighted by molar-refractivity contribution is 0.100. The minimum atomic E-state index is -0.339. The number of carbonyl (C=O) groups excluding carboxylic acids is 1. The molecule has 0 saturated heterocycles. The van der Waals surface area contributed by atoms with Gasteiger partial charge in [-0.2, -0.15) is 0 Å². The third-order valence-corrected chi connectivity index (χ3v) is 3.98. The monoisotopic (exact) mass is 268 g/mol. The van der Waals surface area contributed by atoms with Gasteiger partial charge in [0.15, 0.2) is 0 Å². The molecule has 18 heavy (non-hydrogen) atoms. The Bertz CT molecular complexity index is 362. The van der Waals surface area contributed by atoms with Crippen molar-refractivity contribution < 1.29 is 4.79 Å². The van der Waals surface area contributed by atoms with Crippen molar-refractivity contribution >= 4 is 17.2 Å². The average Bonchev–Trinajstić information content (AvgIpc) is 2.81. The molecule has 3 N–H and O–H groups in total. The molecule has 0 fully saturated rings. The highest BCUT2D eigenvalue weighted by Crippen LogP contribution is 2.15. The predicted molar refractivity (Wildman–Crippen MR) is 77.9 cm³/mol. The van der Waals surface area contributed by atoms with Gasteiger partial charge in [0, 0.05) is 22.8 Å². The predicted octanol–water partition coefficient (Wildman–Crippen LogP) is 3.30. The van der Waals surface area contributed by atoms with Crippen LogP contribution < -0.4 is 11.1 Å². The number of rotatable bonds is 9. The van der Waals surface area contributed by atoms with Gasteiger partial charge in [-0.05, 0) is 18.9 Å². The van der Waals surface area contributed by atoms with Crippen molar-refractivity contribution in [2.45, 2.75) is 58.5 Å². The standard InChI is InChI=1S/C14H24N2OS/c1-3-5-7-12(6-4-2)16-9-13-8-11(10-18-13)14(15)17/h8,10,12,16H,3-7,9H2,1-2H3,(H2,15,17). The Morgan fingerprint density at radius 2 is 2.17 bits per heavy atom. The summed E-state index contributed by atoms with van der Waals surface area (Å²) in [4.78, 5) is 12.2. The lowest BCUT2D eigenvalue weighted by Gasteiger charge is -2.17. The molecule has 1 amide bonds. The summed E-state index contributed by atoms with van der Waals surface area (Å²) in [6.45, 7) is 5.28. The number of unbranched alkanes of at least 4 members (excludes halogenated alkanes) is 1. The molecule has 1 aromatic rings. The van der Waals surface area contributed by atoms with E-state index in [2.05, 4.69) is 19.2 Å². The van der Waals surface area contributed by atoms with Crippen molar-refractivity contribution in [2.75, 3.05) is 0 Å². The normalized spacial score (nSPS) is 12.6. The molecule has 0 spiro atoms. The van der Waals surface area contributed by atoms with Gasteiger partial charge in [0.2, 0.25) is 5.91 Å². The largest absolute Gasteiger partial charge is 0.366 e. The molecule has 1 aromatic heterocycles. The number of amides is 1. The van der Waals surface area contributed by atoms with E-state index in [4.69, 9.17) is 5.73 Å². The molecule has 0 aliphatic heterocycles. The van der Waals surface area contributed by atoms with E-state index in [1.807, 2.05) is 11.4 Å². The summed E-state index contributed by atoms with van der Waals surface area (Å²) in [7, 11) is 0. The Labute approximate surface area is 114 Å². The van der Waals surface area contributed by atoms with Crippen molar-refractivity contribution in [3.8, 4) is 0 Å². The first kappa shape index (κ1) is 15.2. The molecule has 102 valence electrons. The van der Waals surface area contributed by atoms with Crippen LogP contribution in [0.4, 0.5) is 0 Å². The van der Waals surface area contributed by atoms with Gasteiger partial charge < -0.3 is 11.1 Å². The molecule has 1 rings (SSSR count). The average molecular weight is 268 g/mol. The maximum atomic E-state index is 11.0. The molecule has 3 nitrogen and oxygen atoms in total. The van der Waals surface area contributed by atoms with Crippen LogP contribution >= 0.6 is 11.3 Å². The Morgan fingerprint density at radius 1 is 1.39 bits per heavy atom. The minimum Gasteiger partial charge on any atom is -0.366 e. The molecule has 0 saturated carbocycles. The van der Waals surface area contributed by atoms with E-state index in [-0.39, 0.29) is 5.91 Å². The third-order valence-electron chi connectivity index (χ3n) is 3.05. The second-order valence-electron chi connectivity index (χ2n) is 4.67. The first-order valence-electron chi connectivity index (χ1n) is 6.78. The number of hydrogen-bond donors (Lipinski definition) is 2. The SMILES string of the molecule is CCCCC(CCC)NCc1cc(C(N)=O)cs1. The zero-order chi connectivity index (χ0) is 13.4. The molecule has 0 aliphatic carbocycles. The van der Waals surface area contributed by atoms with Gasteiger partial charge in [-0.25, -0.2) is 0 Å². The van der Waals surface area contributed by atoms with Gasteiger partial charge in [-0.15, -0.1) is 11.3 Å². The van der Waals surface area contributed by atoms with E-state index in [1.165, 1.54) is 37.0 Å². The van der Waals surface area contributed by atoms with E-state index < -0.39 is 0 Å². The Morgan fingerprint density at radius 3 is 2.72 bits per heavy atom. The Balaban J connectivity index is 2.42. The van der Waals surface area contributed by atoms with Gasteiger partial charge in [-0.3, -0.25) is 4.79 Å². The molecule has 1 atom stereocenters. The zero-order valence-electron chi connectivity index (χ0n) is 11.4. The maximum Gasteiger partial charge on any atom is 0.249 e. The minimum absolute atomic E-state index is 0.339. The lowest BCUT2D eigenvalue weighted by atomic mass is 10.1. The number of thiophene rings is 1. The fraction of sp³-hybridized carbons (Fsp3) is 0.643. The molecular formula is C14H24N2OS. The summed E-state index contributed by atoms with van der Waals surface area (Å²) in [6, 6.07) is 2.48. The second kappa shape index (κ2) is 8.27. The summed E-state index contributed by atoms with van der Waals surface area (Å²) < 4.78 is 0. The van der Waals surface area contributed by atoms with E-state index in [1.54, 1.807) is 11.3 Å². The van der Waals surface area contributed by atoms with Gasteiger partial charge in [0.1, 0.15) is 0 Å². The van der Waals surface area contributed by atoms with Crippen LogP contribution in [0, 0.1) is 0 Å². The van der Waals surface area contributed by atoms with E-state index in [9.17, 15) is 4.79 Å². The van der Waals surface area contributed by atoms with Crippen molar-refractivity contribution in [1.82, 2.24) is 5.32 Å². The highest BCUT2D eigenvalue weighted by atomic mass is 32.1. The third kappa shape index (κ3) is 5.19. The first-order valence-corrected chi connectivity index (χ1v) is 7.65. The summed E-state index contributed by atoms with van der Waals surface area (Å²) in [5.41, 5.74) is 5.87. The summed E-state index contributed by atoms with van der Waals surface area (Å²) in [6.07, 6.45) is 6.17. The van der Waals surface area contributed by atoms with Crippen molar-refractivity contribution in [3.63, 3.8) is 0 Å². The maximum absolute atomic E-state index is 11.0. The molecule has 0 radical (unpaired) electrons. The summed E-state index contributed by atoms with van der Waals surface area (Å²) >= 11 is 1.60. The quantitative estimate of drug-likeness (QED) is 0.722. The Hall–Kier alpha value is -0.870. The molecule has 1 unspecified atom stereocenters. The number of carbonyl (C=O) groups is 1. The molecule has 0 bridgehead atoms. The van der Waals surface area contributed by atoms with Crippen molar-refractivity contribution in [1.29, 1.82) is 0 Å². The fourth-order valence-electron chi connectivity index (χ4n) is 1.99. The highest BCUT2D eigenvalue weighted by molar-refractivity contribution is 7.10. The molecule has 0 aliphatic rings. The van der Waals surface area contributed by atoms with Crippen LogP contribution in [0.1, 0.15) is 61.2 Å². The number of nitrogens with two attached hydrogens (primary N) is 1. The molecular weight excluding hydrogens is 244 g/mol. The summed E-state index contributed by atoms with van der Waals surface area (Å²) in [5, 5.41) is 5.42. The highest BCUT2D eigenvalue weighted by Gasteiger charge is 2.09. The van der Waals surface area contributed by atoms with E-state index in [0.29, 0.717) is 11.6 Å². The van der Waals surface area contributed by atoms with E-state index >= 15 is 0 Å². The van der Waals surface area contributed by atoms with Crippen LogP contribution in [0.15, 0.2) is 11.4 Å². The van der Waals surface area contributed by atoms with Crippen LogP contribution in [-0.4, -0.2) is 11.9 Å². The van der Waals surface area contributed by atoms with Crippen LogP contribution in [0.2, 0.25) is 0 Å². The number of nitrogens with one attached hydrogen (secondary N) is 1. The number of primary amides is 1. The van der Waals surface area contributed by atoms with Crippen LogP contribution in [0.25, 0.3) is 0 Å². The first-order chi connectivity index (χ1) is 8.67. The van der Waals surface area contributed by atoms with Crippen molar-refractivity contribution in [2.24, 2.45) is 5.73 Å². The van der Waals surface area contributed by atoms with Crippen LogP contribution in [0.3, 0.4) is 0 Å². The molecule has 0 aromatic carbocycles. The topological polar surface area (TPSA) is 55.1 Å². The number of hydrogen-bond acceptors (Lipinski definition) is 3. The smallest absolute Gasteiger partial charge is 0.249 e. The lowest BCUT2D eigenvalue weighted by Crippen LogP contribution is -2.28. The zero-order valence-corrected chi connectivity index (χ0v) is 12.2. The van der Waals surface area contributed by atoms with Gasteiger partial charge in [0.25, 0.3) is 0 Å². The Kier molecular flexibility index (Phi) is 6.98. The van der Waals surface area contributed by atoms with Crippen LogP contribution in [-0.2, 0) is 6.54 Å². The van der Waals surface area contributed by atoms with Gasteiger partial charge >= 0.3 is 0 Å². The fourth-order valence-corrected chi connectivity index (χ4v) is 2.82.